The summed E-state index contributed by atoms with van der Waals surface area (Å²) < 4.78 is 1.58. The first kappa shape index (κ1) is 20.6. The summed E-state index contributed by atoms with van der Waals surface area (Å²) >= 11 is 1.23. The standard InChI is InChI=1S/C22H22N4O2S/c1-15-11-16(2)13-17(12-15)26-21(28)18-7-4-5-8-19(18)24-22(26)29-14-20(27)25(3)10-6-9-23/h4-5,7-8,11-13H,6,10,14H2,1-3H3. The number of nitrogens with zero attached hydrogens (tertiary/aromatic N) is 4. The summed E-state index contributed by atoms with van der Waals surface area (Å²) in [5, 5.41) is 9.71. The second-order valence-electron chi connectivity index (χ2n) is 6.91. The van der Waals surface area contributed by atoms with Gasteiger partial charge >= 0.3 is 0 Å². The Hall–Kier alpha value is -3.11. The first-order valence-electron chi connectivity index (χ1n) is 9.25. The fraction of sp³-hybridized carbons (Fsp3) is 0.273. The van der Waals surface area contributed by atoms with Crippen molar-refractivity contribution in [2.75, 3.05) is 19.3 Å². The minimum absolute atomic E-state index is 0.111. The van der Waals surface area contributed by atoms with Crippen molar-refractivity contribution in [1.29, 1.82) is 5.26 Å². The van der Waals surface area contributed by atoms with Crippen LogP contribution in [-0.2, 0) is 4.79 Å². The van der Waals surface area contributed by atoms with E-state index in [0.29, 0.717) is 22.6 Å². The van der Waals surface area contributed by atoms with Gasteiger partial charge < -0.3 is 4.90 Å². The van der Waals surface area contributed by atoms with Crippen molar-refractivity contribution in [3.63, 3.8) is 0 Å². The number of aromatic nitrogens is 2. The van der Waals surface area contributed by atoms with Crippen LogP contribution in [0.1, 0.15) is 17.5 Å². The molecule has 0 aliphatic heterocycles. The summed E-state index contributed by atoms with van der Waals surface area (Å²) in [6.07, 6.45) is 0.286. The van der Waals surface area contributed by atoms with Gasteiger partial charge in [-0.05, 0) is 49.2 Å². The molecule has 148 valence electrons. The lowest BCUT2D eigenvalue weighted by atomic mass is 10.1. The molecule has 0 bridgehead atoms. The van der Waals surface area contributed by atoms with Gasteiger partial charge in [0.2, 0.25) is 5.91 Å². The lowest BCUT2D eigenvalue weighted by Crippen LogP contribution is -2.29. The van der Waals surface area contributed by atoms with E-state index < -0.39 is 0 Å². The average molecular weight is 407 g/mol. The Labute approximate surface area is 173 Å². The number of hydrogen-bond donors (Lipinski definition) is 0. The maximum Gasteiger partial charge on any atom is 0.266 e. The first-order valence-corrected chi connectivity index (χ1v) is 10.2. The van der Waals surface area contributed by atoms with Crippen molar-refractivity contribution >= 4 is 28.6 Å². The zero-order valence-electron chi connectivity index (χ0n) is 16.7. The van der Waals surface area contributed by atoms with Crippen LogP contribution in [0.15, 0.2) is 52.4 Å². The Morgan fingerprint density at radius 2 is 1.90 bits per heavy atom. The highest BCUT2D eigenvalue weighted by Gasteiger charge is 2.16. The predicted octanol–water partition coefficient (Wildman–Crippen LogP) is 3.47. The largest absolute Gasteiger partial charge is 0.344 e. The van der Waals surface area contributed by atoms with Gasteiger partial charge in [0.25, 0.3) is 5.56 Å². The number of para-hydroxylation sites is 1. The number of amides is 1. The van der Waals surface area contributed by atoms with Crippen LogP contribution in [0.2, 0.25) is 0 Å². The Morgan fingerprint density at radius 1 is 1.21 bits per heavy atom. The van der Waals surface area contributed by atoms with Crippen molar-refractivity contribution < 1.29 is 4.79 Å². The fourth-order valence-corrected chi connectivity index (χ4v) is 4.05. The molecule has 29 heavy (non-hydrogen) atoms. The fourth-order valence-electron chi connectivity index (χ4n) is 3.10. The summed E-state index contributed by atoms with van der Waals surface area (Å²) in [5.41, 5.74) is 3.27. The maximum atomic E-state index is 13.3. The normalized spacial score (nSPS) is 10.7. The summed E-state index contributed by atoms with van der Waals surface area (Å²) in [4.78, 5) is 31.9. The van der Waals surface area contributed by atoms with Gasteiger partial charge in [0, 0.05) is 13.6 Å². The molecule has 0 radical (unpaired) electrons. The smallest absolute Gasteiger partial charge is 0.266 e. The molecule has 1 amide bonds. The van der Waals surface area contributed by atoms with Crippen LogP contribution in [0.4, 0.5) is 0 Å². The predicted molar refractivity (Wildman–Crippen MR) is 115 cm³/mol. The monoisotopic (exact) mass is 406 g/mol. The molecule has 0 unspecified atom stereocenters. The molecule has 0 aliphatic carbocycles. The van der Waals surface area contributed by atoms with Crippen molar-refractivity contribution in [3.05, 3.63) is 63.9 Å². The number of fused-ring (bicyclic) bond motifs is 1. The zero-order chi connectivity index (χ0) is 21.0. The number of rotatable bonds is 6. The molecule has 3 aromatic rings. The number of hydrogen-bond acceptors (Lipinski definition) is 5. The van der Waals surface area contributed by atoms with Gasteiger partial charge in [-0.3, -0.25) is 14.2 Å². The van der Waals surface area contributed by atoms with E-state index >= 15 is 0 Å². The lowest BCUT2D eigenvalue weighted by Gasteiger charge is -2.17. The topological polar surface area (TPSA) is 79.0 Å². The van der Waals surface area contributed by atoms with Crippen molar-refractivity contribution in [3.8, 4) is 11.8 Å². The van der Waals surface area contributed by atoms with Gasteiger partial charge in [0.1, 0.15) is 0 Å². The van der Waals surface area contributed by atoms with E-state index in [1.54, 1.807) is 23.7 Å². The number of nitriles is 1. The van der Waals surface area contributed by atoms with Crippen LogP contribution in [-0.4, -0.2) is 39.7 Å². The van der Waals surface area contributed by atoms with Crippen LogP contribution in [0.5, 0.6) is 0 Å². The summed E-state index contributed by atoms with van der Waals surface area (Å²) in [6.45, 7) is 4.35. The molecule has 0 saturated heterocycles. The second kappa shape index (κ2) is 8.93. The van der Waals surface area contributed by atoms with Gasteiger partial charge in [0.15, 0.2) is 5.16 Å². The van der Waals surface area contributed by atoms with E-state index in [1.165, 1.54) is 16.7 Å². The van der Waals surface area contributed by atoms with E-state index in [-0.39, 0.29) is 23.6 Å². The number of thioether (sulfide) groups is 1. The van der Waals surface area contributed by atoms with Gasteiger partial charge in [-0.1, -0.05) is 30.0 Å². The molecular weight excluding hydrogens is 384 g/mol. The molecule has 0 atom stereocenters. The number of carbonyl (C=O) groups excluding carboxylic acids is 1. The molecule has 6 nitrogen and oxygen atoms in total. The third-order valence-electron chi connectivity index (χ3n) is 4.52. The molecule has 3 rings (SSSR count). The second-order valence-corrected chi connectivity index (χ2v) is 7.85. The first-order chi connectivity index (χ1) is 13.9. The summed E-state index contributed by atoms with van der Waals surface area (Å²) in [5.74, 6) is 0.0250. The van der Waals surface area contributed by atoms with Crippen LogP contribution >= 0.6 is 11.8 Å². The lowest BCUT2D eigenvalue weighted by molar-refractivity contribution is -0.127. The molecule has 0 saturated carbocycles. The van der Waals surface area contributed by atoms with Gasteiger partial charge in [-0.15, -0.1) is 0 Å². The zero-order valence-corrected chi connectivity index (χ0v) is 17.5. The van der Waals surface area contributed by atoms with E-state index in [2.05, 4.69) is 4.98 Å². The van der Waals surface area contributed by atoms with Crippen LogP contribution in [0.3, 0.4) is 0 Å². The van der Waals surface area contributed by atoms with E-state index in [1.807, 2.05) is 50.2 Å². The number of benzene rings is 2. The third kappa shape index (κ3) is 4.66. The Kier molecular flexibility index (Phi) is 6.35. The number of aryl methyl sites for hydroxylation is 2. The van der Waals surface area contributed by atoms with Gasteiger partial charge in [-0.25, -0.2) is 4.98 Å². The minimum atomic E-state index is -0.159. The molecule has 1 heterocycles. The van der Waals surface area contributed by atoms with Crippen LogP contribution in [0.25, 0.3) is 16.6 Å². The quantitative estimate of drug-likeness (QED) is 0.463. The molecule has 2 aromatic carbocycles. The SMILES string of the molecule is Cc1cc(C)cc(-n2c(SCC(=O)N(C)CCC#N)nc3ccccc3c2=O)c1. The highest BCUT2D eigenvalue weighted by Crippen LogP contribution is 2.23. The van der Waals surface area contributed by atoms with Crippen molar-refractivity contribution in [1.82, 2.24) is 14.5 Å². The molecule has 0 fully saturated rings. The molecule has 7 heteroatoms. The van der Waals surface area contributed by atoms with E-state index in [4.69, 9.17) is 5.26 Å². The van der Waals surface area contributed by atoms with Crippen molar-refractivity contribution in [2.45, 2.75) is 25.4 Å². The number of carbonyl (C=O) groups is 1. The average Bonchev–Trinajstić information content (AvgIpc) is 2.69. The van der Waals surface area contributed by atoms with Crippen molar-refractivity contribution in [2.24, 2.45) is 0 Å². The van der Waals surface area contributed by atoms with Crippen LogP contribution in [0, 0.1) is 25.2 Å². The molecule has 0 spiro atoms. The Balaban J connectivity index is 2.04. The van der Waals surface area contributed by atoms with Gasteiger partial charge in [-0.2, -0.15) is 5.26 Å². The Morgan fingerprint density at radius 3 is 2.59 bits per heavy atom. The maximum absolute atomic E-state index is 13.3. The highest BCUT2D eigenvalue weighted by molar-refractivity contribution is 7.99. The van der Waals surface area contributed by atoms with Crippen LogP contribution < -0.4 is 5.56 Å². The summed E-state index contributed by atoms with van der Waals surface area (Å²) in [6, 6.07) is 15.2. The molecule has 0 aliphatic rings. The van der Waals surface area contributed by atoms with E-state index in [0.717, 1.165) is 16.8 Å². The molecule has 0 N–H and O–H groups in total. The van der Waals surface area contributed by atoms with Gasteiger partial charge in [0.05, 0.1) is 34.8 Å². The molecular formula is C22H22N4O2S. The summed E-state index contributed by atoms with van der Waals surface area (Å²) in [7, 11) is 1.67. The Bertz CT molecular complexity index is 1140. The molecule has 1 aromatic heterocycles. The third-order valence-corrected chi connectivity index (χ3v) is 5.44. The minimum Gasteiger partial charge on any atom is -0.344 e. The van der Waals surface area contributed by atoms with E-state index in [9.17, 15) is 9.59 Å². The highest BCUT2D eigenvalue weighted by atomic mass is 32.2.